The molecule has 3 aromatic heterocycles. The first-order valence-electron chi connectivity index (χ1n) is 14.6. The Morgan fingerprint density at radius 3 is 2.63 bits per heavy atom. The summed E-state index contributed by atoms with van der Waals surface area (Å²) in [5.74, 6) is 1.86. The molecule has 3 aliphatic heterocycles. The maximum atomic E-state index is 11.9. The highest BCUT2D eigenvalue weighted by Gasteiger charge is 2.30. The Kier molecular flexibility index (Phi) is 7.59. The van der Waals surface area contributed by atoms with Crippen molar-refractivity contribution in [1.29, 1.82) is 0 Å². The Labute approximate surface area is 244 Å². The SMILES string of the molecule is CS(=O)(=O)N1CCN(Cc2cc3nc(C4CC=Cc5nn(C6CCCCO6)cc54)nc(N4CCOCC4)c3s2)CC1. The van der Waals surface area contributed by atoms with Crippen LogP contribution < -0.4 is 4.90 Å². The molecule has 3 aromatic rings. The van der Waals surface area contributed by atoms with Crippen LogP contribution in [0.3, 0.4) is 0 Å². The summed E-state index contributed by atoms with van der Waals surface area (Å²) in [6, 6.07) is 2.21. The summed E-state index contributed by atoms with van der Waals surface area (Å²) in [6.45, 7) is 7.06. The van der Waals surface area contributed by atoms with E-state index in [1.807, 2.05) is 4.68 Å². The number of fused-ring (bicyclic) bond motifs is 2. The lowest BCUT2D eigenvalue weighted by Gasteiger charge is -2.32. The molecule has 220 valence electrons. The van der Waals surface area contributed by atoms with Crippen LogP contribution in [0, 0.1) is 0 Å². The van der Waals surface area contributed by atoms with Gasteiger partial charge >= 0.3 is 0 Å². The Morgan fingerprint density at radius 1 is 1.05 bits per heavy atom. The fraction of sp³-hybridized carbons (Fsp3) is 0.607. The molecule has 7 rings (SSSR count). The molecule has 41 heavy (non-hydrogen) atoms. The zero-order valence-corrected chi connectivity index (χ0v) is 25.1. The third-order valence-electron chi connectivity index (χ3n) is 8.49. The lowest BCUT2D eigenvalue weighted by Crippen LogP contribution is -2.47. The zero-order valence-electron chi connectivity index (χ0n) is 23.4. The van der Waals surface area contributed by atoms with Crippen LogP contribution in [0.1, 0.15) is 59.8 Å². The van der Waals surface area contributed by atoms with Crippen molar-refractivity contribution in [2.75, 3.05) is 70.2 Å². The highest BCUT2D eigenvalue weighted by molar-refractivity contribution is 7.88. The number of morpholine rings is 1. The quantitative estimate of drug-likeness (QED) is 0.423. The average molecular weight is 600 g/mol. The number of piperazine rings is 1. The summed E-state index contributed by atoms with van der Waals surface area (Å²) in [6.07, 6.45) is 11.8. The zero-order chi connectivity index (χ0) is 28.0. The minimum atomic E-state index is -3.15. The van der Waals surface area contributed by atoms with Crippen molar-refractivity contribution < 1.29 is 17.9 Å². The topological polar surface area (TPSA) is 106 Å². The van der Waals surface area contributed by atoms with Crippen molar-refractivity contribution in [1.82, 2.24) is 29.0 Å². The first kappa shape index (κ1) is 27.4. The lowest BCUT2D eigenvalue weighted by molar-refractivity contribution is -0.0395. The number of sulfonamides is 1. The number of allylic oxidation sites excluding steroid dienone is 1. The molecule has 0 radical (unpaired) electrons. The van der Waals surface area contributed by atoms with Gasteiger partial charge < -0.3 is 14.4 Å². The number of ether oxygens (including phenoxy) is 2. The third kappa shape index (κ3) is 5.67. The number of rotatable bonds is 6. The fourth-order valence-corrected chi connectivity index (χ4v) is 8.21. The summed E-state index contributed by atoms with van der Waals surface area (Å²) in [7, 11) is -3.15. The molecule has 0 spiro atoms. The van der Waals surface area contributed by atoms with E-state index in [0.29, 0.717) is 26.3 Å². The molecule has 0 amide bonds. The van der Waals surface area contributed by atoms with E-state index >= 15 is 0 Å². The van der Waals surface area contributed by atoms with Crippen LogP contribution in [-0.2, 0) is 26.0 Å². The van der Waals surface area contributed by atoms with Gasteiger partial charge in [-0.3, -0.25) is 4.90 Å². The molecule has 3 fully saturated rings. The molecule has 0 bridgehead atoms. The average Bonchev–Trinajstić information content (AvgIpc) is 3.61. The van der Waals surface area contributed by atoms with Gasteiger partial charge in [0.15, 0.2) is 5.82 Å². The lowest BCUT2D eigenvalue weighted by atomic mass is 9.91. The van der Waals surface area contributed by atoms with Crippen LogP contribution in [-0.4, -0.2) is 103 Å². The monoisotopic (exact) mass is 599 g/mol. The standard InChI is InChI=1S/C28H37N7O4S2/c1-41(36,37)34-10-8-32(9-11-34)18-20-17-24-26(40-20)28(33-12-15-38-16-13-33)30-27(29-24)21-5-4-6-23-22(21)19-35(31-23)25-7-2-3-14-39-25/h4,6,17,19,21,25H,2-3,5,7-16,18H2,1H3. The van der Waals surface area contributed by atoms with Crippen molar-refractivity contribution in [2.45, 2.75) is 44.4 Å². The van der Waals surface area contributed by atoms with Crippen molar-refractivity contribution in [2.24, 2.45) is 0 Å². The minimum absolute atomic E-state index is 0.00515. The number of thiophene rings is 1. The van der Waals surface area contributed by atoms with Gasteiger partial charge in [-0.15, -0.1) is 11.3 Å². The molecule has 13 heteroatoms. The van der Waals surface area contributed by atoms with Crippen molar-refractivity contribution >= 4 is 43.5 Å². The molecular weight excluding hydrogens is 562 g/mol. The molecule has 6 heterocycles. The summed E-state index contributed by atoms with van der Waals surface area (Å²) >= 11 is 1.75. The summed E-state index contributed by atoms with van der Waals surface area (Å²) in [5.41, 5.74) is 3.12. The van der Waals surface area contributed by atoms with Gasteiger partial charge in [0, 0.05) is 69.1 Å². The minimum Gasteiger partial charge on any atom is -0.378 e. The Hall–Kier alpha value is -2.42. The van der Waals surface area contributed by atoms with Gasteiger partial charge in [-0.25, -0.2) is 23.1 Å². The van der Waals surface area contributed by atoms with E-state index in [-0.39, 0.29) is 12.1 Å². The largest absolute Gasteiger partial charge is 0.378 e. The van der Waals surface area contributed by atoms with Crippen LogP contribution in [0.15, 0.2) is 18.3 Å². The van der Waals surface area contributed by atoms with E-state index in [0.717, 1.165) is 98.1 Å². The molecule has 1 aliphatic carbocycles. The molecule has 0 N–H and O–H groups in total. The predicted octanol–water partition coefficient (Wildman–Crippen LogP) is 3.05. The van der Waals surface area contributed by atoms with Gasteiger partial charge in [0.1, 0.15) is 12.1 Å². The van der Waals surface area contributed by atoms with Gasteiger partial charge in [0.25, 0.3) is 0 Å². The van der Waals surface area contributed by atoms with Crippen LogP contribution >= 0.6 is 11.3 Å². The maximum Gasteiger partial charge on any atom is 0.211 e. The van der Waals surface area contributed by atoms with Crippen LogP contribution in [0.2, 0.25) is 0 Å². The van der Waals surface area contributed by atoms with Crippen LogP contribution in [0.4, 0.5) is 5.82 Å². The van der Waals surface area contributed by atoms with Crippen molar-refractivity contribution in [3.05, 3.63) is 40.3 Å². The van der Waals surface area contributed by atoms with Gasteiger partial charge in [-0.1, -0.05) is 6.08 Å². The smallest absolute Gasteiger partial charge is 0.211 e. The molecule has 2 unspecified atom stereocenters. The second-order valence-corrected chi connectivity index (χ2v) is 14.5. The molecular formula is C28H37N7O4S2. The van der Waals surface area contributed by atoms with Crippen LogP contribution in [0.25, 0.3) is 16.3 Å². The Balaban J connectivity index is 1.20. The predicted molar refractivity (Wildman–Crippen MR) is 159 cm³/mol. The van der Waals surface area contributed by atoms with Gasteiger partial charge in [-0.2, -0.15) is 9.40 Å². The van der Waals surface area contributed by atoms with Gasteiger partial charge in [0.2, 0.25) is 10.0 Å². The third-order valence-corrected chi connectivity index (χ3v) is 10.9. The molecule has 0 aromatic carbocycles. The highest BCUT2D eigenvalue weighted by Crippen LogP contribution is 2.39. The number of hydrogen-bond acceptors (Lipinski definition) is 10. The van der Waals surface area contributed by atoms with Gasteiger partial charge in [-0.05, 0) is 37.8 Å². The summed E-state index contributed by atoms with van der Waals surface area (Å²) < 4.78 is 40.2. The van der Waals surface area contributed by atoms with E-state index in [9.17, 15) is 8.42 Å². The molecule has 0 saturated carbocycles. The molecule has 11 nitrogen and oxygen atoms in total. The molecule has 2 atom stereocenters. The second-order valence-electron chi connectivity index (χ2n) is 11.3. The van der Waals surface area contributed by atoms with E-state index in [1.165, 1.54) is 11.1 Å². The fourth-order valence-electron chi connectivity index (χ4n) is 6.23. The number of anilines is 1. The van der Waals surface area contributed by atoms with Crippen LogP contribution in [0.5, 0.6) is 0 Å². The van der Waals surface area contributed by atoms with E-state index < -0.39 is 10.0 Å². The second kappa shape index (κ2) is 11.3. The summed E-state index contributed by atoms with van der Waals surface area (Å²) in [4.78, 5) is 16.3. The van der Waals surface area contributed by atoms with E-state index in [2.05, 4.69) is 34.2 Å². The number of hydrogen-bond donors (Lipinski definition) is 0. The highest BCUT2D eigenvalue weighted by atomic mass is 32.2. The molecule has 4 aliphatic rings. The number of aromatic nitrogens is 4. The van der Waals surface area contributed by atoms with E-state index in [1.54, 1.807) is 15.6 Å². The Bertz CT molecular complexity index is 1530. The first-order valence-corrected chi connectivity index (χ1v) is 17.3. The normalized spacial score (nSPS) is 24.7. The Morgan fingerprint density at radius 2 is 1.88 bits per heavy atom. The van der Waals surface area contributed by atoms with E-state index in [4.69, 9.17) is 24.5 Å². The van der Waals surface area contributed by atoms with Crippen molar-refractivity contribution in [3.63, 3.8) is 0 Å². The summed E-state index contributed by atoms with van der Waals surface area (Å²) in [5, 5.41) is 4.89. The first-order chi connectivity index (χ1) is 19.9. The van der Waals surface area contributed by atoms with Gasteiger partial charge in [0.05, 0.1) is 41.3 Å². The van der Waals surface area contributed by atoms with Crippen molar-refractivity contribution in [3.8, 4) is 0 Å². The maximum absolute atomic E-state index is 11.9. The number of nitrogens with zero attached hydrogens (tertiary/aromatic N) is 7. The molecule has 3 saturated heterocycles.